The number of hydrogen-bond donors (Lipinski definition) is 1. The van der Waals surface area contributed by atoms with Gasteiger partial charge in [0, 0.05) is 0 Å². The summed E-state index contributed by atoms with van der Waals surface area (Å²) in [6.07, 6.45) is 0.920. The lowest BCUT2D eigenvalue weighted by atomic mass is 10.2. The summed E-state index contributed by atoms with van der Waals surface area (Å²) < 4.78 is 15.0. The zero-order chi connectivity index (χ0) is 12.1. The van der Waals surface area contributed by atoms with E-state index in [9.17, 15) is 4.79 Å². The summed E-state index contributed by atoms with van der Waals surface area (Å²) in [5, 5.41) is 3.74. The molecule has 0 bridgehead atoms. The van der Waals surface area contributed by atoms with Crippen molar-refractivity contribution >= 4 is 12.3 Å². The highest BCUT2D eigenvalue weighted by atomic mass is 16.7. The first-order chi connectivity index (χ1) is 8.29. The van der Waals surface area contributed by atoms with Crippen LogP contribution in [0.2, 0.25) is 0 Å². The number of fused-ring (bicyclic) bond motifs is 1. The van der Waals surface area contributed by atoms with Gasteiger partial charge in [0.05, 0.1) is 12.8 Å². The van der Waals surface area contributed by atoms with Crippen LogP contribution >= 0.6 is 0 Å². The molecule has 90 valence electrons. The molecule has 6 nitrogen and oxygen atoms in total. The van der Waals surface area contributed by atoms with Gasteiger partial charge < -0.3 is 14.2 Å². The van der Waals surface area contributed by atoms with E-state index in [4.69, 9.17) is 9.47 Å². The second kappa shape index (κ2) is 5.20. The zero-order valence-electron chi connectivity index (χ0n) is 9.30. The Labute approximate surface area is 98.2 Å². The lowest BCUT2D eigenvalue weighted by molar-refractivity contribution is 0.152. The number of amides is 1. The van der Waals surface area contributed by atoms with Gasteiger partial charge in [-0.3, -0.25) is 0 Å². The minimum Gasteiger partial charge on any atom is -0.454 e. The molecular weight excluding hydrogens is 224 g/mol. The minimum atomic E-state index is -0.579. The topological polar surface area (TPSA) is 69.2 Å². The molecule has 1 aliphatic rings. The molecule has 0 spiro atoms. The molecule has 1 aromatic carbocycles. The van der Waals surface area contributed by atoms with Crippen LogP contribution in [-0.2, 0) is 4.74 Å². The van der Waals surface area contributed by atoms with Gasteiger partial charge in [0.2, 0.25) is 6.79 Å². The maximum atomic E-state index is 10.9. The molecule has 1 amide bonds. The largest absolute Gasteiger partial charge is 0.454 e. The van der Waals surface area contributed by atoms with E-state index in [1.807, 2.05) is 6.07 Å². The number of hydrazone groups is 1. The Bertz CT molecular complexity index is 445. The average molecular weight is 236 g/mol. The SMILES string of the molecule is CCOC(=O)N/N=C\c1ccc2c(c1)OCO2. The number of carbonyl (C=O) groups excluding carboxylic acids is 1. The van der Waals surface area contributed by atoms with Crippen LogP contribution in [0.25, 0.3) is 0 Å². The van der Waals surface area contributed by atoms with E-state index in [0.29, 0.717) is 18.1 Å². The molecular formula is C11H12N2O4. The summed E-state index contributed by atoms with van der Waals surface area (Å²) >= 11 is 0. The van der Waals surface area contributed by atoms with Crippen molar-refractivity contribution < 1.29 is 19.0 Å². The van der Waals surface area contributed by atoms with Gasteiger partial charge in [-0.1, -0.05) is 0 Å². The summed E-state index contributed by atoms with van der Waals surface area (Å²) in [5.74, 6) is 1.38. The molecule has 1 heterocycles. The highest BCUT2D eigenvalue weighted by molar-refractivity contribution is 5.82. The Morgan fingerprint density at radius 3 is 3.18 bits per heavy atom. The van der Waals surface area contributed by atoms with Crippen LogP contribution in [0.1, 0.15) is 12.5 Å². The van der Waals surface area contributed by atoms with Crippen molar-refractivity contribution in [3.8, 4) is 11.5 Å². The van der Waals surface area contributed by atoms with Gasteiger partial charge in [0.15, 0.2) is 11.5 Å². The molecule has 1 N–H and O–H groups in total. The fraction of sp³-hybridized carbons (Fsp3) is 0.273. The lowest BCUT2D eigenvalue weighted by Gasteiger charge is -1.99. The van der Waals surface area contributed by atoms with Gasteiger partial charge in [-0.15, -0.1) is 0 Å². The zero-order valence-corrected chi connectivity index (χ0v) is 9.30. The summed E-state index contributed by atoms with van der Waals surface area (Å²) in [5.41, 5.74) is 3.03. The molecule has 6 heteroatoms. The smallest absolute Gasteiger partial charge is 0.427 e. The monoisotopic (exact) mass is 236 g/mol. The Kier molecular flexibility index (Phi) is 3.44. The van der Waals surface area contributed by atoms with Crippen molar-refractivity contribution in [2.45, 2.75) is 6.92 Å². The van der Waals surface area contributed by atoms with E-state index in [1.165, 1.54) is 6.21 Å². The van der Waals surface area contributed by atoms with Crippen LogP contribution in [0.15, 0.2) is 23.3 Å². The first-order valence-electron chi connectivity index (χ1n) is 5.15. The van der Waals surface area contributed by atoms with E-state index in [2.05, 4.69) is 15.3 Å². The van der Waals surface area contributed by atoms with E-state index in [0.717, 1.165) is 5.56 Å². The van der Waals surface area contributed by atoms with Crippen molar-refractivity contribution in [2.75, 3.05) is 13.4 Å². The van der Waals surface area contributed by atoms with Gasteiger partial charge >= 0.3 is 6.09 Å². The molecule has 0 saturated heterocycles. The van der Waals surface area contributed by atoms with Gasteiger partial charge in [0.25, 0.3) is 0 Å². The molecule has 2 rings (SSSR count). The van der Waals surface area contributed by atoms with E-state index in [-0.39, 0.29) is 6.79 Å². The minimum absolute atomic E-state index is 0.233. The summed E-state index contributed by atoms with van der Waals surface area (Å²) in [6, 6.07) is 5.37. The van der Waals surface area contributed by atoms with Crippen molar-refractivity contribution in [1.82, 2.24) is 5.43 Å². The van der Waals surface area contributed by atoms with Crippen molar-refractivity contribution in [3.05, 3.63) is 23.8 Å². The van der Waals surface area contributed by atoms with Crippen molar-refractivity contribution in [2.24, 2.45) is 5.10 Å². The predicted molar refractivity (Wildman–Crippen MR) is 60.3 cm³/mol. The fourth-order valence-corrected chi connectivity index (χ4v) is 1.32. The normalized spacial score (nSPS) is 12.8. The van der Waals surface area contributed by atoms with Crippen LogP contribution in [-0.4, -0.2) is 25.7 Å². The van der Waals surface area contributed by atoms with Gasteiger partial charge in [-0.2, -0.15) is 5.10 Å². The van der Waals surface area contributed by atoms with Crippen molar-refractivity contribution in [1.29, 1.82) is 0 Å². The van der Waals surface area contributed by atoms with E-state index in [1.54, 1.807) is 19.1 Å². The molecule has 1 aromatic rings. The highest BCUT2D eigenvalue weighted by Crippen LogP contribution is 2.31. The molecule has 1 aliphatic heterocycles. The first-order valence-corrected chi connectivity index (χ1v) is 5.15. The Balaban J connectivity index is 1.95. The summed E-state index contributed by atoms with van der Waals surface area (Å²) in [4.78, 5) is 10.9. The number of rotatable bonds is 3. The predicted octanol–water partition coefficient (Wildman–Crippen LogP) is 1.50. The van der Waals surface area contributed by atoms with E-state index >= 15 is 0 Å². The number of ether oxygens (including phenoxy) is 3. The number of nitrogens with one attached hydrogen (secondary N) is 1. The molecule has 0 radical (unpaired) electrons. The maximum Gasteiger partial charge on any atom is 0.427 e. The van der Waals surface area contributed by atoms with Crippen LogP contribution in [0, 0.1) is 0 Å². The third kappa shape index (κ3) is 2.87. The fourth-order valence-electron chi connectivity index (χ4n) is 1.32. The molecule has 0 fully saturated rings. The van der Waals surface area contributed by atoms with Gasteiger partial charge in [0.1, 0.15) is 0 Å². The Hall–Kier alpha value is -2.24. The molecule has 0 unspecified atom stereocenters. The first kappa shape index (κ1) is 11.3. The number of benzene rings is 1. The van der Waals surface area contributed by atoms with Crippen LogP contribution in [0.5, 0.6) is 11.5 Å². The maximum absolute atomic E-state index is 10.9. The molecule has 0 aromatic heterocycles. The lowest BCUT2D eigenvalue weighted by Crippen LogP contribution is -2.18. The second-order valence-corrected chi connectivity index (χ2v) is 3.20. The number of hydrogen-bond acceptors (Lipinski definition) is 5. The summed E-state index contributed by atoms with van der Waals surface area (Å²) in [6.45, 7) is 2.27. The third-order valence-electron chi connectivity index (χ3n) is 2.04. The Morgan fingerprint density at radius 1 is 1.53 bits per heavy atom. The quantitative estimate of drug-likeness (QED) is 0.637. The highest BCUT2D eigenvalue weighted by Gasteiger charge is 2.12. The second-order valence-electron chi connectivity index (χ2n) is 3.20. The van der Waals surface area contributed by atoms with Crippen LogP contribution < -0.4 is 14.9 Å². The van der Waals surface area contributed by atoms with E-state index < -0.39 is 6.09 Å². The summed E-state index contributed by atoms with van der Waals surface area (Å²) in [7, 11) is 0. The number of nitrogens with zero attached hydrogens (tertiary/aromatic N) is 1. The van der Waals surface area contributed by atoms with Crippen LogP contribution in [0.4, 0.5) is 4.79 Å². The van der Waals surface area contributed by atoms with Gasteiger partial charge in [-0.05, 0) is 30.7 Å². The van der Waals surface area contributed by atoms with Gasteiger partial charge in [-0.25, -0.2) is 10.2 Å². The molecule has 0 atom stereocenters. The van der Waals surface area contributed by atoms with Crippen molar-refractivity contribution in [3.63, 3.8) is 0 Å². The molecule has 17 heavy (non-hydrogen) atoms. The van der Waals surface area contributed by atoms with Crippen LogP contribution in [0.3, 0.4) is 0 Å². The average Bonchev–Trinajstić information content (AvgIpc) is 2.76. The molecule has 0 aliphatic carbocycles. The standard InChI is InChI=1S/C11H12N2O4/c1-2-15-11(14)13-12-6-8-3-4-9-10(5-8)17-7-16-9/h3-6H,2,7H2,1H3,(H,13,14)/b12-6-. The Morgan fingerprint density at radius 2 is 2.35 bits per heavy atom. The number of carbonyl (C=O) groups is 1. The molecule has 0 saturated carbocycles. The third-order valence-corrected chi connectivity index (χ3v) is 2.04.